The SMILES string of the molecule is CCOC(=O)C1=C(CN2CCCN(S(=O)(=O)c3ccccc3)CC2)N(C)C(=O)N[C@H]1c1ccccc1. The molecule has 0 saturated carbocycles. The number of hydrogen-bond donors (Lipinski definition) is 1. The molecule has 9 nitrogen and oxygen atoms in total. The minimum absolute atomic E-state index is 0.213. The lowest BCUT2D eigenvalue weighted by atomic mass is 9.94. The number of carbonyl (C=O) groups is 2. The fraction of sp³-hybridized carbons (Fsp3) is 0.385. The van der Waals surface area contributed by atoms with E-state index in [-0.39, 0.29) is 17.5 Å². The van der Waals surface area contributed by atoms with Crippen LogP contribution in [0.4, 0.5) is 4.79 Å². The molecule has 0 unspecified atom stereocenters. The van der Waals surface area contributed by atoms with Gasteiger partial charge in [-0.3, -0.25) is 9.80 Å². The van der Waals surface area contributed by atoms with Gasteiger partial charge in [0.2, 0.25) is 10.0 Å². The first-order chi connectivity index (χ1) is 17.3. The Labute approximate surface area is 212 Å². The average Bonchev–Trinajstić information content (AvgIpc) is 3.14. The third-order valence-corrected chi connectivity index (χ3v) is 8.42. The number of ether oxygens (including phenoxy) is 1. The smallest absolute Gasteiger partial charge is 0.338 e. The fourth-order valence-corrected chi connectivity index (χ4v) is 6.08. The second kappa shape index (κ2) is 11.2. The normalized spacial score (nSPS) is 20.1. The Kier molecular flexibility index (Phi) is 8.07. The molecule has 1 fully saturated rings. The van der Waals surface area contributed by atoms with Crippen molar-refractivity contribution < 1.29 is 22.7 Å². The lowest BCUT2D eigenvalue weighted by Gasteiger charge is -2.36. The molecule has 1 N–H and O–H groups in total. The highest BCUT2D eigenvalue weighted by molar-refractivity contribution is 7.89. The van der Waals surface area contributed by atoms with E-state index in [0.717, 1.165) is 5.56 Å². The molecule has 0 bridgehead atoms. The van der Waals surface area contributed by atoms with Crippen molar-refractivity contribution in [3.8, 4) is 0 Å². The summed E-state index contributed by atoms with van der Waals surface area (Å²) in [4.78, 5) is 29.8. The van der Waals surface area contributed by atoms with E-state index in [2.05, 4.69) is 10.2 Å². The summed E-state index contributed by atoms with van der Waals surface area (Å²) >= 11 is 0. The number of sulfonamides is 1. The van der Waals surface area contributed by atoms with Crippen molar-refractivity contribution in [2.75, 3.05) is 46.4 Å². The van der Waals surface area contributed by atoms with Crippen LogP contribution in [0.1, 0.15) is 24.9 Å². The van der Waals surface area contributed by atoms with Crippen LogP contribution in [0, 0.1) is 0 Å². The van der Waals surface area contributed by atoms with Crippen molar-refractivity contribution in [3.05, 3.63) is 77.5 Å². The molecular weight excluding hydrogens is 480 g/mol. The molecule has 2 aliphatic rings. The van der Waals surface area contributed by atoms with Crippen molar-refractivity contribution in [3.63, 3.8) is 0 Å². The zero-order valence-corrected chi connectivity index (χ0v) is 21.4. The minimum Gasteiger partial charge on any atom is -0.463 e. The number of nitrogens with zero attached hydrogens (tertiary/aromatic N) is 3. The van der Waals surface area contributed by atoms with Crippen LogP contribution in [-0.4, -0.2) is 80.9 Å². The summed E-state index contributed by atoms with van der Waals surface area (Å²) in [5.74, 6) is -0.476. The Balaban J connectivity index is 1.61. The zero-order valence-electron chi connectivity index (χ0n) is 20.6. The third kappa shape index (κ3) is 5.45. The minimum atomic E-state index is -3.59. The maximum atomic E-state index is 13.1. The summed E-state index contributed by atoms with van der Waals surface area (Å²) in [6, 6.07) is 16.8. The summed E-state index contributed by atoms with van der Waals surface area (Å²) in [5.41, 5.74) is 1.74. The van der Waals surface area contributed by atoms with Gasteiger partial charge in [-0.05, 0) is 37.6 Å². The van der Waals surface area contributed by atoms with Gasteiger partial charge < -0.3 is 10.1 Å². The summed E-state index contributed by atoms with van der Waals surface area (Å²) in [6.45, 7) is 4.10. The Bertz CT molecular complexity index is 1220. The van der Waals surface area contributed by atoms with Gasteiger partial charge in [0.1, 0.15) is 0 Å². The van der Waals surface area contributed by atoms with Crippen molar-refractivity contribution in [2.24, 2.45) is 0 Å². The molecular formula is C26H32N4O5S. The van der Waals surface area contributed by atoms with E-state index in [1.54, 1.807) is 44.3 Å². The van der Waals surface area contributed by atoms with Gasteiger partial charge in [0.15, 0.2) is 0 Å². The van der Waals surface area contributed by atoms with Gasteiger partial charge in [-0.2, -0.15) is 4.31 Å². The summed E-state index contributed by atoms with van der Waals surface area (Å²) in [5, 5.41) is 2.92. The van der Waals surface area contributed by atoms with Gasteiger partial charge in [-0.15, -0.1) is 0 Å². The molecule has 1 saturated heterocycles. The number of hydrogen-bond acceptors (Lipinski definition) is 6. The quantitative estimate of drug-likeness (QED) is 0.573. The van der Waals surface area contributed by atoms with Crippen LogP contribution in [0.15, 0.2) is 76.8 Å². The Morgan fingerprint density at radius 2 is 1.67 bits per heavy atom. The van der Waals surface area contributed by atoms with Gasteiger partial charge >= 0.3 is 12.0 Å². The highest BCUT2D eigenvalue weighted by atomic mass is 32.2. The highest BCUT2D eigenvalue weighted by Gasteiger charge is 2.37. The van der Waals surface area contributed by atoms with Gasteiger partial charge in [0.05, 0.1) is 23.1 Å². The zero-order chi connectivity index (χ0) is 25.7. The topological polar surface area (TPSA) is 99.3 Å². The van der Waals surface area contributed by atoms with Crippen LogP contribution in [0.5, 0.6) is 0 Å². The molecule has 36 heavy (non-hydrogen) atoms. The first-order valence-corrected chi connectivity index (χ1v) is 13.5. The molecule has 0 radical (unpaired) electrons. The number of carbonyl (C=O) groups excluding carboxylic acids is 2. The average molecular weight is 513 g/mol. The lowest BCUT2D eigenvalue weighted by molar-refractivity contribution is -0.139. The van der Waals surface area contributed by atoms with Crippen LogP contribution in [0.25, 0.3) is 0 Å². The number of likely N-dealkylation sites (N-methyl/N-ethyl adjacent to an activating group) is 1. The molecule has 2 aromatic carbocycles. The second-order valence-electron chi connectivity index (χ2n) is 8.78. The van der Waals surface area contributed by atoms with E-state index < -0.39 is 22.0 Å². The van der Waals surface area contributed by atoms with Crippen LogP contribution in [0.2, 0.25) is 0 Å². The predicted molar refractivity (Wildman–Crippen MR) is 135 cm³/mol. The number of nitrogens with one attached hydrogen (secondary N) is 1. The van der Waals surface area contributed by atoms with Gasteiger partial charge in [-0.1, -0.05) is 48.5 Å². The summed E-state index contributed by atoms with van der Waals surface area (Å²) in [6.07, 6.45) is 0.631. The van der Waals surface area contributed by atoms with E-state index in [1.165, 1.54) is 9.21 Å². The van der Waals surface area contributed by atoms with Crippen molar-refractivity contribution >= 4 is 22.0 Å². The first kappa shape index (κ1) is 25.9. The fourth-order valence-electron chi connectivity index (χ4n) is 4.59. The molecule has 0 aliphatic carbocycles. The largest absolute Gasteiger partial charge is 0.463 e. The predicted octanol–water partition coefficient (Wildman–Crippen LogP) is 2.60. The van der Waals surface area contributed by atoms with Crippen LogP contribution >= 0.6 is 0 Å². The van der Waals surface area contributed by atoms with E-state index in [0.29, 0.717) is 50.4 Å². The number of rotatable bonds is 7. The Morgan fingerprint density at radius 3 is 2.33 bits per heavy atom. The third-order valence-electron chi connectivity index (χ3n) is 6.51. The van der Waals surface area contributed by atoms with Gasteiger partial charge in [0, 0.05) is 38.9 Å². The van der Waals surface area contributed by atoms with Crippen LogP contribution in [-0.2, 0) is 19.6 Å². The second-order valence-corrected chi connectivity index (χ2v) is 10.7. The van der Waals surface area contributed by atoms with E-state index >= 15 is 0 Å². The van der Waals surface area contributed by atoms with E-state index in [4.69, 9.17) is 4.74 Å². The van der Waals surface area contributed by atoms with Crippen LogP contribution < -0.4 is 5.32 Å². The summed E-state index contributed by atoms with van der Waals surface area (Å²) in [7, 11) is -1.96. The maximum absolute atomic E-state index is 13.1. The molecule has 4 rings (SSSR count). The number of urea groups is 1. The van der Waals surface area contributed by atoms with Crippen molar-refractivity contribution in [2.45, 2.75) is 24.3 Å². The number of amides is 2. The van der Waals surface area contributed by atoms with Crippen molar-refractivity contribution in [1.82, 2.24) is 19.4 Å². The highest BCUT2D eigenvalue weighted by Crippen LogP contribution is 2.31. The number of benzene rings is 2. The van der Waals surface area contributed by atoms with Crippen molar-refractivity contribution in [1.29, 1.82) is 0 Å². The molecule has 2 aliphatic heterocycles. The van der Waals surface area contributed by atoms with E-state index in [1.807, 2.05) is 30.3 Å². The molecule has 1 atom stereocenters. The molecule has 2 aromatic rings. The molecule has 2 amide bonds. The maximum Gasteiger partial charge on any atom is 0.338 e. The Morgan fingerprint density at radius 1 is 1.00 bits per heavy atom. The van der Waals surface area contributed by atoms with Crippen LogP contribution in [0.3, 0.4) is 0 Å². The molecule has 192 valence electrons. The molecule has 0 spiro atoms. The standard InChI is InChI=1S/C26H32N4O5S/c1-3-35-25(31)23-22(28(2)26(32)27-24(23)20-11-6-4-7-12-20)19-29-15-10-16-30(18-17-29)36(33,34)21-13-8-5-9-14-21/h4-9,11-14,24H,3,10,15-19H2,1-2H3,(H,27,32)/t24-/m0/s1. The monoisotopic (exact) mass is 512 g/mol. The summed E-state index contributed by atoms with van der Waals surface area (Å²) < 4.78 is 33.1. The van der Waals surface area contributed by atoms with Gasteiger partial charge in [-0.25, -0.2) is 18.0 Å². The molecule has 10 heteroatoms. The Hall–Kier alpha value is -3.21. The first-order valence-electron chi connectivity index (χ1n) is 12.1. The molecule has 2 heterocycles. The molecule has 0 aromatic heterocycles. The lowest BCUT2D eigenvalue weighted by Crippen LogP contribution is -2.49. The van der Waals surface area contributed by atoms with E-state index in [9.17, 15) is 18.0 Å². The number of esters is 1. The van der Waals surface area contributed by atoms with Gasteiger partial charge in [0.25, 0.3) is 0 Å².